The Morgan fingerprint density at radius 3 is 2.67 bits per heavy atom. The van der Waals surface area contributed by atoms with Crippen molar-refractivity contribution in [3.63, 3.8) is 0 Å². The van der Waals surface area contributed by atoms with Crippen molar-refractivity contribution in [2.75, 3.05) is 39.2 Å². The summed E-state index contributed by atoms with van der Waals surface area (Å²) in [6.07, 6.45) is 0.906. The molecular formula is C17H28ClN3O3. The zero-order chi connectivity index (χ0) is 17.0. The lowest BCUT2D eigenvalue weighted by molar-refractivity contribution is -0.118. The maximum absolute atomic E-state index is 12.4. The van der Waals surface area contributed by atoms with Gasteiger partial charge in [-0.2, -0.15) is 0 Å². The number of amides is 1. The molecule has 7 heteroatoms. The fourth-order valence-electron chi connectivity index (χ4n) is 2.92. The van der Waals surface area contributed by atoms with Gasteiger partial charge in [0.05, 0.1) is 26.5 Å². The summed E-state index contributed by atoms with van der Waals surface area (Å²) in [6.45, 7) is 6.29. The summed E-state index contributed by atoms with van der Waals surface area (Å²) in [7, 11) is 3.17. The third-order valence-corrected chi connectivity index (χ3v) is 4.44. The molecule has 2 rings (SSSR count). The summed E-state index contributed by atoms with van der Waals surface area (Å²) in [5.74, 6) is 1.22. The Bertz CT molecular complexity index is 566. The number of halogens is 1. The fraction of sp³-hybridized carbons (Fsp3) is 0.588. The molecule has 1 fully saturated rings. The second-order valence-electron chi connectivity index (χ2n) is 6.71. The first kappa shape index (κ1) is 20.5. The number of anilines is 1. The van der Waals surface area contributed by atoms with E-state index in [1.807, 2.05) is 0 Å². The zero-order valence-electron chi connectivity index (χ0n) is 14.8. The van der Waals surface area contributed by atoms with Crippen LogP contribution in [0.1, 0.15) is 20.3 Å². The number of nitrogens with one attached hydrogen (secondary N) is 1. The summed E-state index contributed by atoms with van der Waals surface area (Å²) in [5, 5.41) is 2.91. The molecular weight excluding hydrogens is 330 g/mol. The van der Waals surface area contributed by atoms with Crippen molar-refractivity contribution in [2.24, 2.45) is 11.1 Å². The molecule has 1 aromatic rings. The van der Waals surface area contributed by atoms with Crippen LogP contribution in [0.5, 0.6) is 11.5 Å². The van der Waals surface area contributed by atoms with Gasteiger partial charge in [0.2, 0.25) is 5.91 Å². The molecule has 1 aliphatic heterocycles. The Balaban J connectivity index is 0.00000288. The van der Waals surface area contributed by atoms with Gasteiger partial charge in [-0.1, -0.05) is 13.8 Å². The number of carbonyl (C=O) groups is 1. The Hall–Kier alpha value is -1.50. The Labute approximate surface area is 150 Å². The minimum Gasteiger partial charge on any atom is -0.497 e. The molecule has 1 amide bonds. The number of hydrogen-bond donors (Lipinski definition) is 2. The highest BCUT2D eigenvalue weighted by atomic mass is 35.5. The van der Waals surface area contributed by atoms with E-state index < -0.39 is 0 Å². The molecule has 0 radical (unpaired) electrons. The van der Waals surface area contributed by atoms with E-state index in [9.17, 15) is 4.79 Å². The largest absolute Gasteiger partial charge is 0.497 e. The number of hydrogen-bond acceptors (Lipinski definition) is 5. The van der Waals surface area contributed by atoms with Crippen molar-refractivity contribution in [1.29, 1.82) is 0 Å². The number of benzene rings is 1. The van der Waals surface area contributed by atoms with Gasteiger partial charge in [0.15, 0.2) is 0 Å². The molecule has 0 spiro atoms. The van der Waals surface area contributed by atoms with Crippen LogP contribution in [0.25, 0.3) is 0 Å². The second kappa shape index (κ2) is 8.55. The third-order valence-electron chi connectivity index (χ3n) is 4.44. The summed E-state index contributed by atoms with van der Waals surface area (Å²) < 4.78 is 10.5. The summed E-state index contributed by atoms with van der Waals surface area (Å²) in [4.78, 5) is 14.5. The number of carbonyl (C=O) groups excluding carboxylic acids is 1. The van der Waals surface area contributed by atoms with Gasteiger partial charge in [-0.3, -0.25) is 9.69 Å². The van der Waals surface area contributed by atoms with Gasteiger partial charge in [0.25, 0.3) is 0 Å². The van der Waals surface area contributed by atoms with Gasteiger partial charge in [-0.25, -0.2) is 0 Å². The molecule has 1 aliphatic rings. The summed E-state index contributed by atoms with van der Waals surface area (Å²) >= 11 is 0. The highest BCUT2D eigenvalue weighted by Crippen LogP contribution is 2.30. The smallest absolute Gasteiger partial charge is 0.238 e. The molecule has 136 valence electrons. The summed E-state index contributed by atoms with van der Waals surface area (Å²) in [5.41, 5.74) is 6.78. The first-order valence-corrected chi connectivity index (χ1v) is 7.85. The quantitative estimate of drug-likeness (QED) is 0.844. The van der Waals surface area contributed by atoms with Gasteiger partial charge >= 0.3 is 0 Å². The maximum Gasteiger partial charge on any atom is 0.238 e. The lowest BCUT2D eigenvalue weighted by atomic mass is 9.80. The molecule has 1 heterocycles. The minimum absolute atomic E-state index is 0. The molecule has 1 aromatic carbocycles. The fourth-order valence-corrected chi connectivity index (χ4v) is 2.92. The topological polar surface area (TPSA) is 76.8 Å². The maximum atomic E-state index is 12.4. The lowest BCUT2D eigenvalue weighted by Crippen LogP contribution is -2.53. The van der Waals surface area contributed by atoms with Crippen LogP contribution >= 0.6 is 12.4 Å². The molecule has 6 nitrogen and oxygen atoms in total. The van der Waals surface area contributed by atoms with E-state index >= 15 is 0 Å². The Morgan fingerprint density at radius 2 is 2.08 bits per heavy atom. The molecule has 0 aliphatic carbocycles. The number of ether oxygens (including phenoxy) is 2. The second-order valence-corrected chi connectivity index (χ2v) is 6.71. The predicted molar refractivity (Wildman–Crippen MR) is 98.2 cm³/mol. The van der Waals surface area contributed by atoms with Crippen LogP contribution in [0.3, 0.4) is 0 Å². The van der Waals surface area contributed by atoms with E-state index in [2.05, 4.69) is 24.1 Å². The Kier molecular flexibility index (Phi) is 7.32. The molecule has 0 saturated carbocycles. The van der Waals surface area contributed by atoms with Crippen molar-refractivity contribution in [2.45, 2.75) is 26.3 Å². The van der Waals surface area contributed by atoms with Crippen LogP contribution < -0.4 is 20.5 Å². The van der Waals surface area contributed by atoms with E-state index in [4.69, 9.17) is 15.2 Å². The average molecular weight is 358 g/mol. The lowest BCUT2D eigenvalue weighted by Gasteiger charge is -2.42. The molecule has 1 saturated heterocycles. The van der Waals surface area contributed by atoms with Crippen LogP contribution in [-0.2, 0) is 4.79 Å². The highest BCUT2D eigenvalue weighted by molar-refractivity contribution is 5.94. The van der Waals surface area contributed by atoms with E-state index in [0.29, 0.717) is 23.7 Å². The van der Waals surface area contributed by atoms with Crippen molar-refractivity contribution >= 4 is 24.0 Å². The van der Waals surface area contributed by atoms with Gasteiger partial charge < -0.3 is 20.5 Å². The average Bonchev–Trinajstić information content (AvgIpc) is 2.50. The number of piperidine rings is 1. The highest BCUT2D eigenvalue weighted by Gasteiger charge is 2.33. The van der Waals surface area contributed by atoms with Gasteiger partial charge in [0.1, 0.15) is 11.5 Å². The van der Waals surface area contributed by atoms with Crippen LogP contribution in [-0.4, -0.2) is 50.7 Å². The van der Waals surface area contributed by atoms with Crippen molar-refractivity contribution < 1.29 is 14.3 Å². The molecule has 0 bridgehead atoms. The normalized spacial score (nSPS) is 20.0. The van der Waals surface area contributed by atoms with E-state index in [1.165, 1.54) is 0 Å². The molecule has 0 aromatic heterocycles. The number of nitrogens with zero attached hydrogens (tertiary/aromatic N) is 1. The number of rotatable bonds is 5. The van der Waals surface area contributed by atoms with Crippen LogP contribution in [0.15, 0.2) is 18.2 Å². The Morgan fingerprint density at radius 1 is 1.38 bits per heavy atom. The van der Waals surface area contributed by atoms with E-state index in [0.717, 1.165) is 19.5 Å². The first-order chi connectivity index (χ1) is 10.9. The first-order valence-electron chi connectivity index (χ1n) is 7.85. The van der Waals surface area contributed by atoms with Crippen molar-refractivity contribution in [3.05, 3.63) is 18.2 Å². The van der Waals surface area contributed by atoms with E-state index in [-0.39, 0.29) is 29.8 Å². The number of methoxy groups -OCH3 is 2. The number of nitrogens with two attached hydrogens (primary N) is 1. The van der Waals surface area contributed by atoms with Crippen molar-refractivity contribution in [3.8, 4) is 11.5 Å². The standard InChI is InChI=1S/C17H27N3O3.ClH/c1-17(2)11-20(8-7-15(17)18)10-16(21)19-13-9-12(22-3)5-6-14(13)23-4;/h5-6,9,15H,7-8,10-11,18H2,1-4H3,(H,19,21);1H. The molecule has 1 atom stereocenters. The van der Waals surface area contributed by atoms with Gasteiger partial charge in [-0.05, 0) is 24.0 Å². The van der Waals surface area contributed by atoms with Gasteiger partial charge in [-0.15, -0.1) is 12.4 Å². The molecule has 3 N–H and O–H groups in total. The predicted octanol–water partition coefficient (Wildman–Crippen LogP) is 2.12. The third kappa shape index (κ3) is 5.00. The van der Waals surface area contributed by atoms with Crippen LogP contribution in [0, 0.1) is 5.41 Å². The zero-order valence-corrected chi connectivity index (χ0v) is 15.6. The van der Waals surface area contributed by atoms with Crippen molar-refractivity contribution in [1.82, 2.24) is 4.90 Å². The van der Waals surface area contributed by atoms with Gasteiger partial charge in [0, 0.05) is 25.2 Å². The SMILES string of the molecule is COc1ccc(OC)c(NC(=O)CN2CCC(N)C(C)(C)C2)c1.Cl. The van der Waals surface area contributed by atoms with Crippen LogP contribution in [0.4, 0.5) is 5.69 Å². The van der Waals surface area contributed by atoms with E-state index in [1.54, 1.807) is 32.4 Å². The monoisotopic (exact) mass is 357 g/mol. The minimum atomic E-state index is -0.0668. The summed E-state index contributed by atoms with van der Waals surface area (Å²) in [6, 6.07) is 5.51. The number of likely N-dealkylation sites (tertiary alicyclic amines) is 1. The van der Waals surface area contributed by atoms with Crippen LogP contribution in [0.2, 0.25) is 0 Å². The molecule has 24 heavy (non-hydrogen) atoms. The molecule has 1 unspecified atom stereocenters.